The number of imidazole rings is 1. The van der Waals surface area contributed by atoms with E-state index >= 15 is 0 Å². The second-order valence-electron chi connectivity index (χ2n) is 3.58. The van der Waals surface area contributed by atoms with E-state index in [4.69, 9.17) is 0 Å². The van der Waals surface area contributed by atoms with Crippen LogP contribution in [-0.4, -0.2) is 41.5 Å². The number of aromatic amines is 1. The lowest BCUT2D eigenvalue weighted by Gasteiger charge is -2.17. The highest BCUT2D eigenvalue weighted by Gasteiger charge is 2.02. The molecule has 4 heteroatoms. The van der Waals surface area contributed by atoms with Gasteiger partial charge in [0, 0.05) is 25.0 Å². The normalized spacial score (nSPS) is 13.5. The van der Waals surface area contributed by atoms with Crippen molar-refractivity contribution in [3.8, 4) is 0 Å². The number of hydrogen-bond acceptors (Lipinski definition) is 3. The van der Waals surface area contributed by atoms with E-state index in [1.807, 2.05) is 6.20 Å². The van der Waals surface area contributed by atoms with Gasteiger partial charge in [0.1, 0.15) is 5.82 Å². The summed E-state index contributed by atoms with van der Waals surface area (Å²) in [6.07, 6.45) is 3.61. The average molecular weight is 182 g/mol. The molecule has 1 heterocycles. The third kappa shape index (κ3) is 4.05. The molecule has 0 aliphatic heterocycles. The number of nitrogens with one attached hydrogen (secondary N) is 2. The lowest BCUT2D eigenvalue weighted by Crippen LogP contribution is -2.35. The Bertz CT molecular complexity index is 218. The molecular weight excluding hydrogens is 164 g/mol. The Morgan fingerprint density at radius 2 is 2.38 bits per heavy atom. The highest BCUT2D eigenvalue weighted by atomic mass is 15.1. The predicted molar refractivity (Wildman–Crippen MR) is 53.4 cm³/mol. The van der Waals surface area contributed by atoms with Gasteiger partial charge in [0.25, 0.3) is 0 Å². The van der Waals surface area contributed by atoms with Gasteiger partial charge in [-0.2, -0.15) is 0 Å². The fourth-order valence-corrected chi connectivity index (χ4v) is 1.28. The maximum atomic E-state index is 4.14. The van der Waals surface area contributed by atoms with E-state index in [1.165, 1.54) is 0 Å². The van der Waals surface area contributed by atoms with Gasteiger partial charge in [-0.15, -0.1) is 0 Å². The summed E-state index contributed by atoms with van der Waals surface area (Å²) in [5.41, 5.74) is 0. The summed E-state index contributed by atoms with van der Waals surface area (Å²) in [7, 11) is 4.15. The Kier molecular flexibility index (Phi) is 3.92. The van der Waals surface area contributed by atoms with E-state index in [1.54, 1.807) is 6.20 Å². The molecule has 0 bridgehead atoms. The van der Waals surface area contributed by atoms with Crippen LogP contribution in [0.1, 0.15) is 12.7 Å². The smallest absolute Gasteiger partial charge is 0.120 e. The highest BCUT2D eigenvalue weighted by molar-refractivity contribution is 4.86. The van der Waals surface area contributed by atoms with E-state index in [0.717, 1.165) is 18.9 Å². The first-order valence-corrected chi connectivity index (χ1v) is 4.55. The Morgan fingerprint density at radius 1 is 1.62 bits per heavy atom. The van der Waals surface area contributed by atoms with Crippen LogP contribution in [0.3, 0.4) is 0 Å². The molecule has 1 aromatic rings. The molecule has 1 unspecified atom stereocenters. The zero-order chi connectivity index (χ0) is 9.68. The van der Waals surface area contributed by atoms with E-state index in [-0.39, 0.29) is 0 Å². The van der Waals surface area contributed by atoms with E-state index in [9.17, 15) is 0 Å². The Balaban J connectivity index is 2.19. The summed E-state index contributed by atoms with van der Waals surface area (Å²) >= 11 is 0. The van der Waals surface area contributed by atoms with Gasteiger partial charge >= 0.3 is 0 Å². The number of rotatable bonds is 5. The van der Waals surface area contributed by atoms with Crippen LogP contribution < -0.4 is 5.32 Å². The minimum Gasteiger partial charge on any atom is -0.348 e. The maximum Gasteiger partial charge on any atom is 0.120 e. The van der Waals surface area contributed by atoms with Crippen molar-refractivity contribution in [3.63, 3.8) is 0 Å². The minimum absolute atomic E-state index is 0.486. The lowest BCUT2D eigenvalue weighted by atomic mass is 10.3. The van der Waals surface area contributed by atoms with Gasteiger partial charge in [-0.3, -0.25) is 0 Å². The van der Waals surface area contributed by atoms with Gasteiger partial charge in [0.05, 0.1) is 6.54 Å². The van der Waals surface area contributed by atoms with Crippen molar-refractivity contribution < 1.29 is 0 Å². The minimum atomic E-state index is 0.486. The first kappa shape index (κ1) is 10.2. The molecular formula is C9H18N4. The van der Waals surface area contributed by atoms with Crippen molar-refractivity contribution in [1.29, 1.82) is 0 Å². The lowest BCUT2D eigenvalue weighted by molar-refractivity contribution is 0.348. The molecule has 2 N–H and O–H groups in total. The summed E-state index contributed by atoms with van der Waals surface area (Å²) in [4.78, 5) is 9.36. The van der Waals surface area contributed by atoms with Gasteiger partial charge in [0.2, 0.25) is 0 Å². The summed E-state index contributed by atoms with van der Waals surface area (Å²) < 4.78 is 0. The fourth-order valence-electron chi connectivity index (χ4n) is 1.28. The van der Waals surface area contributed by atoms with Crippen LogP contribution in [0.15, 0.2) is 12.4 Å². The number of H-pyrrole nitrogens is 1. The standard InChI is InChI=1S/C9H18N4/c1-8(7-13(2)3)12-6-9-10-4-5-11-9/h4-5,8,12H,6-7H2,1-3H3,(H,10,11). The van der Waals surface area contributed by atoms with Crippen molar-refractivity contribution in [2.45, 2.75) is 19.5 Å². The second kappa shape index (κ2) is 4.99. The monoisotopic (exact) mass is 182 g/mol. The molecule has 0 amide bonds. The van der Waals surface area contributed by atoms with E-state index in [2.05, 4.69) is 41.2 Å². The summed E-state index contributed by atoms with van der Waals surface area (Å²) in [6, 6.07) is 0.486. The molecule has 0 aromatic carbocycles. The molecule has 0 saturated heterocycles. The number of likely N-dealkylation sites (N-methyl/N-ethyl adjacent to an activating group) is 1. The van der Waals surface area contributed by atoms with Crippen LogP contribution in [0.5, 0.6) is 0 Å². The fraction of sp³-hybridized carbons (Fsp3) is 0.667. The van der Waals surface area contributed by atoms with Crippen molar-refractivity contribution >= 4 is 0 Å². The van der Waals surface area contributed by atoms with Gasteiger partial charge in [-0.1, -0.05) is 0 Å². The molecule has 0 aliphatic rings. The highest BCUT2D eigenvalue weighted by Crippen LogP contribution is 1.90. The van der Waals surface area contributed by atoms with Crippen LogP contribution in [0.25, 0.3) is 0 Å². The topological polar surface area (TPSA) is 44.0 Å². The van der Waals surface area contributed by atoms with Crippen molar-refractivity contribution in [1.82, 2.24) is 20.2 Å². The Morgan fingerprint density at radius 3 is 2.92 bits per heavy atom. The molecule has 74 valence electrons. The van der Waals surface area contributed by atoms with E-state index in [0.29, 0.717) is 6.04 Å². The molecule has 0 aliphatic carbocycles. The first-order chi connectivity index (χ1) is 6.18. The predicted octanol–water partition coefficient (Wildman–Crippen LogP) is 0.449. The van der Waals surface area contributed by atoms with Gasteiger partial charge < -0.3 is 15.2 Å². The van der Waals surface area contributed by atoms with Gasteiger partial charge in [-0.25, -0.2) is 4.98 Å². The molecule has 1 rings (SSSR count). The van der Waals surface area contributed by atoms with Crippen LogP contribution in [0.2, 0.25) is 0 Å². The van der Waals surface area contributed by atoms with Crippen LogP contribution in [-0.2, 0) is 6.54 Å². The van der Waals surface area contributed by atoms with Crippen LogP contribution in [0, 0.1) is 0 Å². The molecule has 0 spiro atoms. The molecule has 1 atom stereocenters. The quantitative estimate of drug-likeness (QED) is 0.695. The summed E-state index contributed by atoms with van der Waals surface area (Å²) in [5, 5.41) is 3.38. The summed E-state index contributed by atoms with van der Waals surface area (Å²) in [5.74, 6) is 0.991. The van der Waals surface area contributed by atoms with Crippen LogP contribution in [0.4, 0.5) is 0 Å². The molecule has 13 heavy (non-hydrogen) atoms. The van der Waals surface area contributed by atoms with E-state index < -0.39 is 0 Å². The zero-order valence-corrected chi connectivity index (χ0v) is 8.54. The van der Waals surface area contributed by atoms with Gasteiger partial charge in [-0.05, 0) is 21.0 Å². The van der Waals surface area contributed by atoms with Crippen molar-refractivity contribution in [2.75, 3.05) is 20.6 Å². The average Bonchev–Trinajstić information content (AvgIpc) is 2.51. The maximum absolute atomic E-state index is 4.14. The number of hydrogen-bond donors (Lipinski definition) is 2. The molecule has 1 aromatic heterocycles. The third-order valence-corrected chi connectivity index (χ3v) is 1.81. The van der Waals surface area contributed by atoms with Crippen molar-refractivity contribution in [3.05, 3.63) is 18.2 Å². The molecule has 0 fully saturated rings. The molecule has 0 saturated carbocycles. The molecule has 0 radical (unpaired) electrons. The van der Waals surface area contributed by atoms with Gasteiger partial charge in [0.15, 0.2) is 0 Å². The second-order valence-corrected chi connectivity index (χ2v) is 3.58. The first-order valence-electron chi connectivity index (χ1n) is 4.55. The Hall–Kier alpha value is -0.870. The molecule has 4 nitrogen and oxygen atoms in total. The van der Waals surface area contributed by atoms with Crippen LogP contribution >= 0.6 is 0 Å². The SMILES string of the molecule is CC(CN(C)C)NCc1ncc[nH]1. The summed E-state index contributed by atoms with van der Waals surface area (Å²) in [6.45, 7) is 4.02. The number of nitrogens with zero attached hydrogens (tertiary/aromatic N) is 2. The zero-order valence-electron chi connectivity index (χ0n) is 8.54. The Labute approximate surface area is 79.4 Å². The number of aromatic nitrogens is 2. The third-order valence-electron chi connectivity index (χ3n) is 1.81. The van der Waals surface area contributed by atoms with Crippen molar-refractivity contribution in [2.24, 2.45) is 0 Å². The largest absolute Gasteiger partial charge is 0.348 e.